The quantitative estimate of drug-likeness (QED) is 0.859. The molecule has 0 bridgehead atoms. The molecule has 0 spiro atoms. The molecule has 2 N–H and O–H groups in total. The fourth-order valence-electron chi connectivity index (χ4n) is 2.13. The van der Waals surface area contributed by atoms with Crippen LogP contribution in [0.4, 0.5) is 0 Å². The summed E-state index contributed by atoms with van der Waals surface area (Å²) in [4.78, 5) is 14.6. The highest BCUT2D eigenvalue weighted by atomic mass is 32.1. The van der Waals surface area contributed by atoms with Crippen molar-refractivity contribution in [2.24, 2.45) is 5.92 Å². The Morgan fingerprint density at radius 2 is 2.12 bits per heavy atom. The number of rotatable bonds is 4. The molecule has 0 aliphatic carbocycles. The van der Waals surface area contributed by atoms with Gasteiger partial charge in [0.1, 0.15) is 4.88 Å². The largest absolute Gasteiger partial charge is 0.477 e. The van der Waals surface area contributed by atoms with Crippen molar-refractivity contribution in [2.45, 2.75) is 19.4 Å². The molecule has 2 heterocycles. The van der Waals surface area contributed by atoms with E-state index in [2.05, 4.69) is 4.90 Å². The van der Waals surface area contributed by atoms with Crippen molar-refractivity contribution in [3.63, 3.8) is 0 Å². The lowest BCUT2D eigenvalue weighted by atomic mass is 9.98. The SMILES string of the molecule is O=C(O)c1ccc(CN2CCC(CO)CC2)s1. The van der Waals surface area contributed by atoms with Gasteiger partial charge in [-0.2, -0.15) is 0 Å². The molecule has 0 aromatic carbocycles. The fraction of sp³-hybridized carbons (Fsp3) is 0.583. The summed E-state index contributed by atoms with van der Waals surface area (Å²) >= 11 is 1.35. The van der Waals surface area contributed by atoms with E-state index in [4.69, 9.17) is 10.2 Å². The summed E-state index contributed by atoms with van der Waals surface area (Å²) < 4.78 is 0. The van der Waals surface area contributed by atoms with Crippen LogP contribution in [0.15, 0.2) is 12.1 Å². The molecule has 0 unspecified atom stereocenters. The number of aliphatic hydroxyl groups excluding tert-OH is 1. The molecule has 4 nitrogen and oxygen atoms in total. The number of thiophene rings is 1. The number of carboxylic acids is 1. The molecule has 94 valence electrons. The first-order valence-electron chi connectivity index (χ1n) is 5.84. The maximum atomic E-state index is 10.8. The van der Waals surface area contributed by atoms with Crippen LogP contribution in [0.5, 0.6) is 0 Å². The lowest BCUT2D eigenvalue weighted by molar-refractivity contribution is 0.0702. The van der Waals surface area contributed by atoms with Crippen LogP contribution in [0.1, 0.15) is 27.4 Å². The highest BCUT2D eigenvalue weighted by molar-refractivity contribution is 7.13. The summed E-state index contributed by atoms with van der Waals surface area (Å²) in [6.07, 6.45) is 2.07. The van der Waals surface area contributed by atoms with E-state index in [-0.39, 0.29) is 6.61 Å². The van der Waals surface area contributed by atoms with Crippen molar-refractivity contribution >= 4 is 17.3 Å². The van der Waals surface area contributed by atoms with E-state index in [0.717, 1.165) is 37.4 Å². The number of carbonyl (C=O) groups is 1. The monoisotopic (exact) mass is 255 g/mol. The molecule has 1 aromatic rings. The van der Waals surface area contributed by atoms with Crippen molar-refractivity contribution in [1.82, 2.24) is 4.90 Å². The molecule has 1 aromatic heterocycles. The Balaban J connectivity index is 1.86. The molecular weight excluding hydrogens is 238 g/mol. The van der Waals surface area contributed by atoms with Crippen molar-refractivity contribution < 1.29 is 15.0 Å². The smallest absolute Gasteiger partial charge is 0.345 e. The molecule has 2 rings (SSSR count). The summed E-state index contributed by atoms with van der Waals surface area (Å²) in [6.45, 7) is 3.10. The van der Waals surface area contributed by atoms with Crippen LogP contribution in [0.25, 0.3) is 0 Å². The third kappa shape index (κ3) is 3.28. The Labute approximate surface area is 104 Å². The van der Waals surface area contributed by atoms with Crippen molar-refractivity contribution in [2.75, 3.05) is 19.7 Å². The summed E-state index contributed by atoms with van der Waals surface area (Å²) in [5, 5.41) is 17.9. The number of hydrogen-bond donors (Lipinski definition) is 2. The number of piperidine rings is 1. The highest BCUT2D eigenvalue weighted by Crippen LogP contribution is 2.22. The van der Waals surface area contributed by atoms with Crippen LogP contribution in [-0.2, 0) is 6.54 Å². The molecule has 1 fully saturated rings. The first-order chi connectivity index (χ1) is 8.19. The van der Waals surface area contributed by atoms with E-state index in [9.17, 15) is 4.79 Å². The maximum Gasteiger partial charge on any atom is 0.345 e. The van der Waals surface area contributed by atoms with E-state index in [0.29, 0.717) is 10.8 Å². The summed E-state index contributed by atoms with van der Waals surface area (Å²) in [6, 6.07) is 3.56. The Hall–Kier alpha value is -0.910. The van der Waals surface area contributed by atoms with Gasteiger partial charge in [-0.05, 0) is 44.0 Å². The summed E-state index contributed by atoms with van der Waals surface area (Å²) in [7, 11) is 0. The Bertz CT molecular complexity index is 383. The van der Waals surface area contributed by atoms with Gasteiger partial charge in [0.15, 0.2) is 0 Å². The number of likely N-dealkylation sites (tertiary alicyclic amines) is 1. The molecule has 0 radical (unpaired) electrons. The zero-order chi connectivity index (χ0) is 12.3. The number of nitrogens with zero attached hydrogens (tertiary/aromatic N) is 1. The molecule has 1 aliphatic heterocycles. The molecule has 1 saturated heterocycles. The molecular formula is C12H17NO3S. The highest BCUT2D eigenvalue weighted by Gasteiger charge is 2.19. The molecule has 0 atom stereocenters. The van der Waals surface area contributed by atoms with E-state index >= 15 is 0 Å². The van der Waals surface area contributed by atoms with Gasteiger partial charge >= 0.3 is 5.97 Å². The lowest BCUT2D eigenvalue weighted by Gasteiger charge is -2.30. The van der Waals surface area contributed by atoms with Crippen molar-refractivity contribution in [3.8, 4) is 0 Å². The van der Waals surface area contributed by atoms with Gasteiger partial charge in [0.25, 0.3) is 0 Å². The van der Waals surface area contributed by atoms with Crippen LogP contribution in [0, 0.1) is 5.92 Å². The Kier molecular flexibility index (Phi) is 4.15. The first kappa shape index (κ1) is 12.5. The minimum Gasteiger partial charge on any atom is -0.477 e. The topological polar surface area (TPSA) is 60.8 Å². The molecule has 5 heteroatoms. The third-order valence-electron chi connectivity index (χ3n) is 3.22. The van der Waals surface area contributed by atoms with Crippen LogP contribution in [-0.4, -0.2) is 40.8 Å². The van der Waals surface area contributed by atoms with Gasteiger partial charge in [-0.3, -0.25) is 4.90 Å². The number of aliphatic hydroxyl groups is 1. The van der Waals surface area contributed by atoms with Gasteiger partial charge in [0.2, 0.25) is 0 Å². The van der Waals surface area contributed by atoms with E-state index in [1.54, 1.807) is 6.07 Å². The Morgan fingerprint density at radius 3 is 2.65 bits per heavy atom. The van der Waals surface area contributed by atoms with Gasteiger partial charge in [-0.25, -0.2) is 4.79 Å². The predicted octanol–water partition coefficient (Wildman–Crippen LogP) is 1.65. The molecule has 17 heavy (non-hydrogen) atoms. The normalized spacial score (nSPS) is 18.4. The standard InChI is InChI=1S/C12H17NO3S/c14-8-9-3-5-13(6-4-9)7-10-1-2-11(17-10)12(15)16/h1-2,9,14H,3-8H2,(H,15,16). The van der Waals surface area contributed by atoms with Crippen molar-refractivity contribution in [3.05, 3.63) is 21.9 Å². The lowest BCUT2D eigenvalue weighted by Crippen LogP contribution is -2.34. The van der Waals surface area contributed by atoms with Gasteiger partial charge in [0, 0.05) is 18.0 Å². The van der Waals surface area contributed by atoms with Gasteiger partial charge < -0.3 is 10.2 Å². The molecule has 0 saturated carbocycles. The minimum atomic E-state index is -0.847. The second kappa shape index (κ2) is 5.62. The zero-order valence-electron chi connectivity index (χ0n) is 9.63. The zero-order valence-corrected chi connectivity index (χ0v) is 10.4. The first-order valence-corrected chi connectivity index (χ1v) is 6.66. The van der Waals surface area contributed by atoms with Gasteiger partial charge in [-0.1, -0.05) is 0 Å². The number of carboxylic acid groups (broad SMARTS) is 1. The van der Waals surface area contributed by atoms with Crippen LogP contribution in [0.2, 0.25) is 0 Å². The average Bonchev–Trinajstić information content (AvgIpc) is 2.79. The van der Waals surface area contributed by atoms with Crippen LogP contribution in [0.3, 0.4) is 0 Å². The third-order valence-corrected chi connectivity index (χ3v) is 4.28. The second-order valence-electron chi connectivity index (χ2n) is 4.47. The molecule has 0 amide bonds. The second-order valence-corrected chi connectivity index (χ2v) is 5.64. The predicted molar refractivity (Wildman–Crippen MR) is 66.4 cm³/mol. The summed E-state index contributed by atoms with van der Waals surface area (Å²) in [5.41, 5.74) is 0. The average molecular weight is 255 g/mol. The fourth-order valence-corrected chi connectivity index (χ4v) is 3.01. The van der Waals surface area contributed by atoms with Gasteiger partial charge in [0.05, 0.1) is 0 Å². The molecule has 1 aliphatic rings. The maximum absolute atomic E-state index is 10.8. The van der Waals surface area contributed by atoms with Gasteiger partial charge in [-0.15, -0.1) is 11.3 Å². The summed E-state index contributed by atoms with van der Waals surface area (Å²) in [5.74, 6) is -0.399. The van der Waals surface area contributed by atoms with E-state index in [1.807, 2.05) is 6.07 Å². The van der Waals surface area contributed by atoms with Crippen LogP contribution < -0.4 is 0 Å². The number of hydrogen-bond acceptors (Lipinski definition) is 4. The Morgan fingerprint density at radius 1 is 1.41 bits per heavy atom. The van der Waals surface area contributed by atoms with E-state index in [1.165, 1.54) is 11.3 Å². The van der Waals surface area contributed by atoms with E-state index < -0.39 is 5.97 Å². The van der Waals surface area contributed by atoms with Crippen LogP contribution >= 0.6 is 11.3 Å². The minimum absolute atomic E-state index is 0.288. The van der Waals surface area contributed by atoms with Crippen molar-refractivity contribution in [1.29, 1.82) is 0 Å². The number of aromatic carboxylic acids is 1.